The number of rotatable bonds is 3. The summed E-state index contributed by atoms with van der Waals surface area (Å²) in [7, 11) is 0. The molecule has 0 saturated carbocycles. The number of hydrazone groups is 1. The number of likely N-dealkylation sites (N-methyl/N-ethyl adjacent to an activating group) is 1. The maximum absolute atomic E-state index is 11.1. The van der Waals surface area contributed by atoms with E-state index in [0.29, 0.717) is 11.6 Å². The zero-order chi connectivity index (χ0) is 12.7. The highest BCUT2D eigenvalue weighted by Crippen LogP contribution is 2.08. The van der Waals surface area contributed by atoms with Gasteiger partial charge in [0, 0.05) is 11.6 Å². The van der Waals surface area contributed by atoms with Crippen molar-refractivity contribution in [2.24, 2.45) is 5.10 Å². The van der Waals surface area contributed by atoms with Gasteiger partial charge in [-0.15, -0.1) is 0 Å². The fourth-order valence-electron chi connectivity index (χ4n) is 1.04. The lowest BCUT2D eigenvalue weighted by Crippen LogP contribution is -2.37. The summed E-state index contributed by atoms with van der Waals surface area (Å²) in [4.78, 5) is 22.1. The highest BCUT2D eigenvalue weighted by Gasteiger charge is 2.09. The zero-order valence-electron chi connectivity index (χ0n) is 9.24. The van der Waals surface area contributed by atoms with Gasteiger partial charge in [0.25, 0.3) is 0 Å². The summed E-state index contributed by atoms with van der Waals surface area (Å²) >= 11 is 5.76. The van der Waals surface area contributed by atoms with E-state index in [1.165, 1.54) is 6.21 Å². The average Bonchev–Trinajstić information content (AvgIpc) is 2.29. The lowest BCUT2D eigenvalue weighted by atomic mass is 10.2. The summed E-state index contributed by atoms with van der Waals surface area (Å²) in [5.74, 6) is -1.51. The number of nitrogens with zero attached hydrogens (tertiary/aromatic N) is 1. The Morgan fingerprint density at radius 3 is 2.82 bits per heavy atom. The molecule has 2 amide bonds. The standard InChI is InChI=1S/C11H12ClN3O2/c1-2-13-10(16)11(17)15-14-7-8-4-3-5-9(12)6-8/h3-7H,2H2,1H3,(H,13,16)(H,15,17). The third-order valence-corrected chi connectivity index (χ3v) is 2.01. The molecule has 0 aliphatic carbocycles. The second-order valence-electron chi connectivity index (χ2n) is 3.11. The Labute approximate surface area is 104 Å². The third-order valence-electron chi connectivity index (χ3n) is 1.77. The van der Waals surface area contributed by atoms with E-state index in [1.807, 2.05) is 0 Å². The lowest BCUT2D eigenvalue weighted by Gasteiger charge is -1.99. The number of hydrogen-bond acceptors (Lipinski definition) is 3. The molecule has 17 heavy (non-hydrogen) atoms. The topological polar surface area (TPSA) is 70.6 Å². The van der Waals surface area contributed by atoms with Crippen LogP contribution >= 0.6 is 11.6 Å². The minimum atomic E-state index is -0.801. The smallest absolute Gasteiger partial charge is 0.329 e. The molecule has 5 nitrogen and oxygen atoms in total. The predicted molar refractivity (Wildman–Crippen MR) is 65.9 cm³/mol. The second kappa shape index (κ2) is 6.65. The molecule has 2 N–H and O–H groups in total. The van der Waals surface area contributed by atoms with Crippen molar-refractivity contribution in [1.82, 2.24) is 10.7 Å². The number of amides is 2. The van der Waals surface area contributed by atoms with Crippen LogP contribution in [-0.4, -0.2) is 24.6 Å². The van der Waals surface area contributed by atoms with Crippen molar-refractivity contribution >= 4 is 29.6 Å². The Balaban J connectivity index is 2.50. The van der Waals surface area contributed by atoms with Crippen molar-refractivity contribution in [3.63, 3.8) is 0 Å². The van der Waals surface area contributed by atoms with Gasteiger partial charge in [0.2, 0.25) is 0 Å². The van der Waals surface area contributed by atoms with Crippen molar-refractivity contribution < 1.29 is 9.59 Å². The van der Waals surface area contributed by atoms with E-state index in [-0.39, 0.29) is 0 Å². The molecule has 0 bridgehead atoms. The van der Waals surface area contributed by atoms with E-state index in [9.17, 15) is 9.59 Å². The zero-order valence-corrected chi connectivity index (χ0v) is 9.99. The Kier molecular flexibility index (Phi) is 5.16. The molecule has 0 unspecified atom stereocenters. The maximum Gasteiger partial charge on any atom is 0.329 e. The summed E-state index contributed by atoms with van der Waals surface area (Å²) in [5.41, 5.74) is 2.84. The third kappa shape index (κ3) is 4.65. The van der Waals surface area contributed by atoms with Gasteiger partial charge in [-0.05, 0) is 24.6 Å². The van der Waals surface area contributed by atoms with Crippen LogP contribution in [0.2, 0.25) is 5.02 Å². The largest absolute Gasteiger partial charge is 0.348 e. The molecule has 0 saturated heterocycles. The van der Waals surface area contributed by atoms with Crippen LogP contribution in [0.4, 0.5) is 0 Å². The van der Waals surface area contributed by atoms with Gasteiger partial charge >= 0.3 is 11.8 Å². The van der Waals surface area contributed by atoms with Gasteiger partial charge in [-0.3, -0.25) is 9.59 Å². The van der Waals surface area contributed by atoms with Gasteiger partial charge in [0.1, 0.15) is 0 Å². The SMILES string of the molecule is CCNC(=O)C(=O)NN=Cc1cccc(Cl)c1. The van der Waals surface area contributed by atoms with Gasteiger partial charge in [-0.2, -0.15) is 5.10 Å². The first-order chi connectivity index (χ1) is 8.13. The molecule has 6 heteroatoms. The molecule has 0 spiro atoms. The van der Waals surface area contributed by atoms with Crippen molar-refractivity contribution in [1.29, 1.82) is 0 Å². The molecule has 0 heterocycles. The van der Waals surface area contributed by atoms with Crippen molar-refractivity contribution in [2.45, 2.75) is 6.92 Å². The number of hydrogen-bond donors (Lipinski definition) is 2. The molecule has 0 aliphatic rings. The molecule has 0 radical (unpaired) electrons. The normalized spacial score (nSPS) is 10.2. The van der Waals surface area contributed by atoms with Gasteiger partial charge in [-0.1, -0.05) is 23.7 Å². The highest BCUT2D eigenvalue weighted by molar-refractivity contribution is 6.35. The van der Waals surface area contributed by atoms with Crippen LogP contribution in [0, 0.1) is 0 Å². The van der Waals surface area contributed by atoms with Crippen molar-refractivity contribution in [2.75, 3.05) is 6.54 Å². The van der Waals surface area contributed by atoms with Crippen LogP contribution in [0.25, 0.3) is 0 Å². The highest BCUT2D eigenvalue weighted by atomic mass is 35.5. The molecular formula is C11H12ClN3O2. The number of carbonyl (C=O) groups excluding carboxylic acids is 2. The van der Waals surface area contributed by atoms with Crippen LogP contribution in [0.3, 0.4) is 0 Å². The van der Waals surface area contributed by atoms with Crippen molar-refractivity contribution in [3.8, 4) is 0 Å². The molecule has 1 aromatic carbocycles. The molecule has 90 valence electrons. The first kappa shape index (κ1) is 13.2. The second-order valence-corrected chi connectivity index (χ2v) is 3.55. The van der Waals surface area contributed by atoms with Crippen LogP contribution in [0.5, 0.6) is 0 Å². The number of carbonyl (C=O) groups is 2. The van der Waals surface area contributed by atoms with E-state index >= 15 is 0 Å². The Morgan fingerprint density at radius 1 is 1.41 bits per heavy atom. The van der Waals surface area contributed by atoms with Crippen LogP contribution < -0.4 is 10.7 Å². The minimum absolute atomic E-state index is 0.393. The minimum Gasteiger partial charge on any atom is -0.348 e. The quantitative estimate of drug-likeness (QED) is 0.478. The molecule has 0 fully saturated rings. The summed E-state index contributed by atoms with van der Waals surface area (Å²) in [6, 6.07) is 6.94. The first-order valence-electron chi connectivity index (χ1n) is 5.00. The average molecular weight is 254 g/mol. The first-order valence-corrected chi connectivity index (χ1v) is 5.38. The monoisotopic (exact) mass is 253 g/mol. The number of nitrogens with one attached hydrogen (secondary N) is 2. The molecule has 0 aliphatic heterocycles. The fourth-order valence-corrected chi connectivity index (χ4v) is 1.24. The lowest BCUT2D eigenvalue weighted by molar-refractivity contribution is -0.139. The van der Waals surface area contributed by atoms with E-state index in [0.717, 1.165) is 5.56 Å². The molecule has 0 aromatic heterocycles. The van der Waals surface area contributed by atoms with E-state index in [2.05, 4.69) is 15.8 Å². The van der Waals surface area contributed by atoms with Crippen LogP contribution in [0.15, 0.2) is 29.4 Å². The van der Waals surface area contributed by atoms with Gasteiger partial charge in [0.15, 0.2) is 0 Å². The predicted octanol–water partition coefficient (Wildman–Crippen LogP) is 0.926. The summed E-state index contributed by atoms with van der Waals surface area (Å²) in [5, 5.41) is 6.57. The summed E-state index contributed by atoms with van der Waals surface area (Å²) < 4.78 is 0. The molecule has 1 aromatic rings. The Morgan fingerprint density at radius 2 is 2.18 bits per heavy atom. The van der Waals surface area contributed by atoms with Crippen molar-refractivity contribution in [3.05, 3.63) is 34.9 Å². The van der Waals surface area contributed by atoms with Gasteiger partial charge in [0.05, 0.1) is 6.21 Å². The molecule has 1 rings (SSSR count). The van der Waals surface area contributed by atoms with Gasteiger partial charge < -0.3 is 5.32 Å². The Hall–Kier alpha value is -1.88. The van der Waals surface area contributed by atoms with Gasteiger partial charge in [-0.25, -0.2) is 5.43 Å². The summed E-state index contributed by atoms with van der Waals surface area (Å²) in [6.45, 7) is 2.12. The summed E-state index contributed by atoms with van der Waals surface area (Å²) in [6.07, 6.45) is 1.41. The number of halogens is 1. The van der Waals surface area contributed by atoms with E-state index in [4.69, 9.17) is 11.6 Å². The molecule has 0 atom stereocenters. The number of benzene rings is 1. The fraction of sp³-hybridized carbons (Fsp3) is 0.182. The van der Waals surface area contributed by atoms with Crippen LogP contribution in [-0.2, 0) is 9.59 Å². The maximum atomic E-state index is 11.1. The molecular weight excluding hydrogens is 242 g/mol. The Bertz CT molecular complexity index is 446. The van der Waals surface area contributed by atoms with Crippen LogP contribution in [0.1, 0.15) is 12.5 Å². The van der Waals surface area contributed by atoms with E-state index in [1.54, 1.807) is 31.2 Å². The van der Waals surface area contributed by atoms with E-state index < -0.39 is 11.8 Å².